The summed E-state index contributed by atoms with van der Waals surface area (Å²) in [4.78, 5) is 0. The van der Waals surface area contributed by atoms with E-state index in [-0.39, 0.29) is 13.2 Å². The fourth-order valence-corrected chi connectivity index (χ4v) is 1.17. The van der Waals surface area contributed by atoms with Crippen LogP contribution in [-0.2, 0) is 13.2 Å². The van der Waals surface area contributed by atoms with E-state index in [0.717, 1.165) is 11.1 Å². The highest BCUT2D eigenvalue weighted by atomic mass is 16.5. The average molecular weight is 197 g/mol. The quantitative estimate of drug-likeness (QED) is 0.621. The van der Waals surface area contributed by atoms with Crippen LogP contribution in [0.1, 0.15) is 11.1 Å². The highest BCUT2D eigenvalue weighted by Gasteiger charge is 2.00. The minimum Gasteiger partial charge on any atom is -0.492 e. The summed E-state index contributed by atoms with van der Waals surface area (Å²) in [5, 5.41) is 17.9. The summed E-state index contributed by atoms with van der Waals surface area (Å²) in [5.74, 6) is 0.631. The van der Waals surface area contributed by atoms with Crippen LogP contribution in [-0.4, -0.2) is 23.4 Å². The molecule has 4 heteroatoms. The lowest BCUT2D eigenvalue weighted by atomic mass is 10.1. The van der Waals surface area contributed by atoms with Gasteiger partial charge in [-0.3, -0.25) is 0 Å². The minimum atomic E-state index is -0.0627. The molecule has 0 amide bonds. The first kappa shape index (κ1) is 11.0. The smallest absolute Gasteiger partial charge is 0.120 e. The molecule has 4 nitrogen and oxygen atoms in total. The normalized spacial score (nSPS) is 10.2. The molecule has 1 rings (SSSR count). The van der Waals surface area contributed by atoms with Crippen LogP contribution in [0.4, 0.5) is 0 Å². The van der Waals surface area contributed by atoms with Crippen molar-refractivity contribution in [1.82, 2.24) is 0 Å². The van der Waals surface area contributed by atoms with Crippen molar-refractivity contribution in [3.63, 3.8) is 0 Å². The summed E-state index contributed by atoms with van der Waals surface area (Å²) in [6, 6.07) is 5.19. The number of hydrogen-bond donors (Lipinski definition) is 3. The van der Waals surface area contributed by atoms with Crippen molar-refractivity contribution in [1.29, 1.82) is 0 Å². The van der Waals surface area contributed by atoms with E-state index in [1.54, 1.807) is 18.2 Å². The first-order valence-corrected chi connectivity index (χ1v) is 4.47. The van der Waals surface area contributed by atoms with Gasteiger partial charge in [-0.2, -0.15) is 0 Å². The molecule has 0 heterocycles. The third kappa shape index (κ3) is 2.99. The zero-order valence-corrected chi connectivity index (χ0v) is 7.94. The Morgan fingerprint density at radius 1 is 1.07 bits per heavy atom. The Balaban J connectivity index is 2.81. The molecule has 0 spiro atoms. The van der Waals surface area contributed by atoms with Crippen molar-refractivity contribution in [3.8, 4) is 5.75 Å². The molecule has 0 bridgehead atoms. The molecule has 4 N–H and O–H groups in total. The van der Waals surface area contributed by atoms with Gasteiger partial charge in [0, 0.05) is 6.54 Å². The molecule has 0 saturated heterocycles. The predicted octanol–water partition coefficient (Wildman–Crippen LogP) is 0.00870. The van der Waals surface area contributed by atoms with Crippen LogP contribution in [0, 0.1) is 0 Å². The zero-order chi connectivity index (χ0) is 10.4. The highest BCUT2D eigenvalue weighted by Crippen LogP contribution is 2.17. The van der Waals surface area contributed by atoms with Gasteiger partial charge in [0.05, 0.1) is 13.2 Å². The first-order chi connectivity index (χ1) is 6.80. The van der Waals surface area contributed by atoms with Gasteiger partial charge in [0.15, 0.2) is 0 Å². The Morgan fingerprint density at radius 3 is 2.07 bits per heavy atom. The van der Waals surface area contributed by atoms with Crippen LogP contribution in [0.3, 0.4) is 0 Å². The van der Waals surface area contributed by atoms with Gasteiger partial charge in [0.2, 0.25) is 0 Å². The molecular formula is C10H15NO3. The molecule has 0 radical (unpaired) electrons. The van der Waals surface area contributed by atoms with Crippen LogP contribution in [0.5, 0.6) is 5.75 Å². The predicted molar refractivity (Wildman–Crippen MR) is 52.8 cm³/mol. The highest BCUT2D eigenvalue weighted by molar-refractivity contribution is 5.33. The summed E-state index contributed by atoms with van der Waals surface area (Å²) in [5.41, 5.74) is 6.74. The van der Waals surface area contributed by atoms with Crippen molar-refractivity contribution >= 4 is 0 Å². The van der Waals surface area contributed by atoms with Gasteiger partial charge < -0.3 is 20.7 Å². The molecule has 0 aliphatic heterocycles. The second-order valence-electron chi connectivity index (χ2n) is 2.94. The minimum absolute atomic E-state index is 0.0627. The van der Waals surface area contributed by atoms with Gasteiger partial charge in [0.1, 0.15) is 12.4 Å². The molecular weight excluding hydrogens is 182 g/mol. The Kier molecular flexibility index (Phi) is 4.39. The molecule has 14 heavy (non-hydrogen) atoms. The summed E-state index contributed by atoms with van der Waals surface area (Å²) in [7, 11) is 0. The van der Waals surface area contributed by atoms with Gasteiger partial charge >= 0.3 is 0 Å². The molecule has 1 aromatic carbocycles. The second-order valence-corrected chi connectivity index (χ2v) is 2.94. The third-order valence-electron chi connectivity index (χ3n) is 1.78. The van der Waals surface area contributed by atoms with Crippen LogP contribution >= 0.6 is 0 Å². The lowest BCUT2D eigenvalue weighted by molar-refractivity contribution is 0.271. The van der Waals surface area contributed by atoms with Crippen molar-refractivity contribution in [2.75, 3.05) is 13.2 Å². The van der Waals surface area contributed by atoms with Gasteiger partial charge in [-0.15, -0.1) is 0 Å². The van der Waals surface area contributed by atoms with E-state index in [1.807, 2.05) is 0 Å². The van der Waals surface area contributed by atoms with E-state index in [2.05, 4.69) is 0 Å². The molecule has 0 atom stereocenters. The van der Waals surface area contributed by atoms with E-state index >= 15 is 0 Å². The second kappa shape index (κ2) is 5.59. The molecule has 78 valence electrons. The Bertz CT molecular complexity index is 266. The third-order valence-corrected chi connectivity index (χ3v) is 1.78. The Labute approximate surface area is 82.9 Å². The fourth-order valence-electron chi connectivity index (χ4n) is 1.17. The number of hydrogen-bond acceptors (Lipinski definition) is 4. The maximum Gasteiger partial charge on any atom is 0.120 e. The van der Waals surface area contributed by atoms with Gasteiger partial charge in [-0.05, 0) is 23.3 Å². The summed E-state index contributed by atoms with van der Waals surface area (Å²) in [6.07, 6.45) is 0. The lowest BCUT2D eigenvalue weighted by Crippen LogP contribution is -2.10. The number of nitrogens with two attached hydrogens (primary N) is 1. The standard InChI is InChI=1S/C10H15NO3/c11-1-2-14-10-4-8(6-12)3-9(5-10)7-13/h3-5,12-13H,1-2,6-7,11H2. The molecule has 0 unspecified atom stereocenters. The number of rotatable bonds is 5. The average Bonchev–Trinajstić information content (AvgIpc) is 2.25. The first-order valence-electron chi connectivity index (χ1n) is 4.47. The molecule has 0 aromatic heterocycles. The van der Waals surface area contributed by atoms with E-state index in [9.17, 15) is 0 Å². The SMILES string of the molecule is NCCOc1cc(CO)cc(CO)c1. The molecule has 0 saturated carbocycles. The van der Waals surface area contributed by atoms with Crippen LogP contribution in [0.15, 0.2) is 18.2 Å². The number of aliphatic hydroxyl groups is 2. The number of benzene rings is 1. The largest absolute Gasteiger partial charge is 0.492 e. The Hall–Kier alpha value is -1.10. The van der Waals surface area contributed by atoms with Gasteiger partial charge in [0.25, 0.3) is 0 Å². The van der Waals surface area contributed by atoms with E-state index in [0.29, 0.717) is 18.9 Å². The van der Waals surface area contributed by atoms with E-state index in [4.69, 9.17) is 20.7 Å². The van der Waals surface area contributed by atoms with Crippen LogP contribution in [0.25, 0.3) is 0 Å². The number of aliphatic hydroxyl groups excluding tert-OH is 2. The van der Waals surface area contributed by atoms with Crippen LogP contribution < -0.4 is 10.5 Å². The topological polar surface area (TPSA) is 75.7 Å². The number of ether oxygens (including phenoxy) is 1. The summed E-state index contributed by atoms with van der Waals surface area (Å²) < 4.78 is 5.29. The van der Waals surface area contributed by atoms with E-state index in [1.165, 1.54) is 0 Å². The van der Waals surface area contributed by atoms with Crippen molar-refractivity contribution in [2.45, 2.75) is 13.2 Å². The molecule has 0 aliphatic rings. The fraction of sp³-hybridized carbons (Fsp3) is 0.400. The Morgan fingerprint density at radius 2 is 1.64 bits per heavy atom. The molecule has 0 aliphatic carbocycles. The maximum atomic E-state index is 8.95. The van der Waals surface area contributed by atoms with Gasteiger partial charge in [-0.1, -0.05) is 6.07 Å². The summed E-state index contributed by atoms with van der Waals surface area (Å²) >= 11 is 0. The van der Waals surface area contributed by atoms with Crippen LogP contribution in [0.2, 0.25) is 0 Å². The maximum absolute atomic E-state index is 8.95. The monoisotopic (exact) mass is 197 g/mol. The van der Waals surface area contributed by atoms with Crippen molar-refractivity contribution in [2.24, 2.45) is 5.73 Å². The van der Waals surface area contributed by atoms with Gasteiger partial charge in [-0.25, -0.2) is 0 Å². The lowest BCUT2D eigenvalue weighted by Gasteiger charge is -2.08. The van der Waals surface area contributed by atoms with Crippen molar-refractivity contribution < 1.29 is 14.9 Å². The molecule has 1 aromatic rings. The van der Waals surface area contributed by atoms with E-state index < -0.39 is 0 Å². The summed E-state index contributed by atoms with van der Waals surface area (Å²) in [6.45, 7) is 0.747. The zero-order valence-electron chi connectivity index (χ0n) is 7.94. The molecule has 0 fully saturated rings. The van der Waals surface area contributed by atoms with Crippen molar-refractivity contribution in [3.05, 3.63) is 29.3 Å².